The molecule has 2 aromatic carbocycles. The van der Waals surface area contributed by atoms with Crippen LogP contribution in [0, 0.1) is 5.82 Å². The van der Waals surface area contributed by atoms with Crippen LogP contribution in [0.15, 0.2) is 36.4 Å². The summed E-state index contributed by atoms with van der Waals surface area (Å²) in [5.41, 5.74) is 6.72. The molecular weight excluding hydrogens is 249 g/mol. The molecule has 0 unspecified atom stereocenters. The summed E-state index contributed by atoms with van der Waals surface area (Å²) in [7, 11) is 1.46. The maximum absolute atomic E-state index is 13.3. The smallest absolute Gasteiger partial charge is 0.337 e. The molecule has 0 heterocycles. The van der Waals surface area contributed by atoms with Gasteiger partial charge in [0.2, 0.25) is 0 Å². The van der Waals surface area contributed by atoms with E-state index in [1.165, 1.54) is 37.4 Å². The number of benzene rings is 2. The minimum atomic E-state index is -1.13. The minimum absolute atomic E-state index is 0.0242. The first kappa shape index (κ1) is 12.9. The highest BCUT2D eigenvalue weighted by Gasteiger charge is 2.12. The van der Waals surface area contributed by atoms with Crippen LogP contribution in [0.25, 0.3) is 11.1 Å². The highest BCUT2D eigenvalue weighted by molar-refractivity contribution is 5.95. The highest BCUT2D eigenvalue weighted by atomic mass is 19.1. The van der Waals surface area contributed by atoms with Crippen LogP contribution in [-0.2, 0) is 0 Å². The first-order valence-electron chi connectivity index (χ1n) is 5.49. The molecule has 2 rings (SSSR count). The Morgan fingerprint density at radius 1 is 1.26 bits per heavy atom. The summed E-state index contributed by atoms with van der Waals surface area (Å²) >= 11 is 0. The Hall–Kier alpha value is -2.56. The Morgan fingerprint density at radius 2 is 2.00 bits per heavy atom. The molecule has 0 fully saturated rings. The van der Waals surface area contributed by atoms with Crippen molar-refractivity contribution in [3.05, 3.63) is 47.8 Å². The normalized spacial score (nSPS) is 10.2. The van der Waals surface area contributed by atoms with Gasteiger partial charge in [0.25, 0.3) is 0 Å². The fraction of sp³-hybridized carbons (Fsp3) is 0.0714. The topological polar surface area (TPSA) is 72.5 Å². The van der Waals surface area contributed by atoms with Crippen molar-refractivity contribution in [3.8, 4) is 16.9 Å². The van der Waals surface area contributed by atoms with E-state index in [4.69, 9.17) is 15.6 Å². The predicted molar refractivity (Wildman–Crippen MR) is 69.8 cm³/mol. The van der Waals surface area contributed by atoms with Gasteiger partial charge in [0.1, 0.15) is 11.6 Å². The first-order valence-corrected chi connectivity index (χ1v) is 5.49. The molecule has 0 aliphatic heterocycles. The lowest BCUT2D eigenvalue weighted by Crippen LogP contribution is -2.02. The second-order valence-electron chi connectivity index (χ2n) is 3.95. The summed E-state index contributed by atoms with van der Waals surface area (Å²) in [6.45, 7) is 0. The number of halogens is 1. The molecule has 0 spiro atoms. The van der Waals surface area contributed by atoms with Crippen molar-refractivity contribution < 1.29 is 19.0 Å². The molecule has 0 aliphatic rings. The Morgan fingerprint density at radius 3 is 2.63 bits per heavy atom. The summed E-state index contributed by atoms with van der Waals surface area (Å²) in [6, 6.07) is 8.55. The number of aromatic carboxylic acids is 1. The van der Waals surface area contributed by atoms with Gasteiger partial charge in [0.05, 0.1) is 12.7 Å². The Bertz CT molecular complexity index is 641. The molecule has 0 radical (unpaired) electrons. The molecule has 98 valence electrons. The van der Waals surface area contributed by atoms with Gasteiger partial charge in [-0.25, -0.2) is 9.18 Å². The number of carboxylic acids is 1. The van der Waals surface area contributed by atoms with E-state index in [-0.39, 0.29) is 11.3 Å². The van der Waals surface area contributed by atoms with Crippen LogP contribution < -0.4 is 10.5 Å². The van der Waals surface area contributed by atoms with Crippen LogP contribution in [0.1, 0.15) is 10.4 Å². The third-order valence-corrected chi connectivity index (χ3v) is 2.76. The molecule has 0 bridgehead atoms. The molecule has 0 amide bonds. The summed E-state index contributed by atoms with van der Waals surface area (Å²) in [4.78, 5) is 11.0. The van der Waals surface area contributed by atoms with E-state index in [1.54, 1.807) is 6.07 Å². The molecule has 19 heavy (non-hydrogen) atoms. The Labute approximate surface area is 109 Å². The van der Waals surface area contributed by atoms with Crippen molar-refractivity contribution in [2.75, 3.05) is 12.8 Å². The van der Waals surface area contributed by atoms with Crippen molar-refractivity contribution >= 4 is 11.7 Å². The van der Waals surface area contributed by atoms with E-state index in [1.807, 2.05) is 0 Å². The van der Waals surface area contributed by atoms with E-state index < -0.39 is 11.8 Å². The van der Waals surface area contributed by atoms with Crippen molar-refractivity contribution in [2.24, 2.45) is 0 Å². The minimum Gasteiger partial charge on any atom is -0.496 e. The van der Waals surface area contributed by atoms with E-state index >= 15 is 0 Å². The molecule has 0 saturated carbocycles. The first-order chi connectivity index (χ1) is 9.02. The van der Waals surface area contributed by atoms with Gasteiger partial charge in [0.15, 0.2) is 0 Å². The second kappa shape index (κ2) is 4.97. The number of anilines is 1. The van der Waals surface area contributed by atoms with Crippen molar-refractivity contribution in [2.45, 2.75) is 0 Å². The van der Waals surface area contributed by atoms with Gasteiger partial charge in [-0.3, -0.25) is 0 Å². The van der Waals surface area contributed by atoms with Gasteiger partial charge in [-0.15, -0.1) is 0 Å². The third kappa shape index (κ3) is 2.49. The molecule has 5 heteroatoms. The van der Waals surface area contributed by atoms with Crippen LogP contribution in [0.4, 0.5) is 10.1 Å². The quantitative estimate of drug-likeness (QED) is 0.833. The molecule has 0 aliphatic carbocycles. The van der Waals surface area contributed by atoms with Gasteiger partial charge in [-0.1, -0.05) is 6.07 Å². The molecule has 3 N–H and O–H groups in total. The van der Waals surface area contributed by atoms with Crippen LogP contribution in [0.2, 0.25) is 0 Å². The number of methoxy groups -OCH3 is 1. The van der Waals surface area contributed by atoms with Gasteiger partial charge >= 0.3 is 5.97 Å². The van der Waals surface area contributed by atoms with Crippen molar-refractivity contribution in [1.82, 2.24) is 0 Å². The van der Waals surface area contributed by atoms with Gasteiger partial charge in [-0.2, -0.15) is 0 Å². The molecule has 0 aromatic heterocycles. The number of rotatable bonds is 3. The Balaban J connectivity index is 2.62. The monoisotopic (exact) mass is 261 g/mol. The third-order valence-electron chi connectivity index (χ3n) is 2.76. The van der Waals surface area contributed by atoms with Crippen LogP contribution in [0.5, 0.6) is 5.75 Å². The standard InChI is InChI=1S/C14H12FNO3/c1-19-13-5-3-9(15)7-10(13)8-2-4-12(16)11(6-8)14(17)18/h2-7H,16H2,1H3,(H,17,18). The summed E-state index contributed by atoms with van der Waals surface area (Å²) in [6.07, 6.45) is 0. The molecule has 0 saturated heterocycles. The van der Waals surface area contributed by atoms with Gasteiger partial charge < -0.3 is 15.6 Å². The van der Waals surface area contributed by atoms with Gasteiger partial charge in [-0.05, 0) is 35.9 Å². The SMILES string of the molecule is COc1ccc(F)cc1-c1ccc(N)c(C(=O)O)c1. The number of ether oxygens (including phenoxy) is 1. The van der Waals surface area contributed by atoms with E-state index in [0.29, 0.717) is 16.9 Å². The van der Waals surface area contributed by atoms with E-state index in [9.17, 15) is 9.18 Å². The van der Waals surface area contributed by atoms with Crippen LogP contribution in [0.3, 0.4) is 0 Å². The van der Waals surface area contributed by atoms with E-state index in [2.05, 4.69) is 0 Å². The maximum atomic E-state index is 13.3. The summed E-state index contributed by atoms with van der Waals surface area (Å²) in [5, 5.41) is 9.03. The number of hydrogen-bond acceptors (Lipinski definition) is 3. The number of nitrogens with two attached hydrogens (primary N) is 1. The zero-order valence-electron chi connectivity index (χ0n) is 10.2. The lowest BCUT2D eigenvalue weighted by molar-refractivity contribution is 0.0698. The number of hydrogen-bond donors (Lipinski definition) is 2. The number of nitrogen functional groups attached to an aromatic ring is 1. The average Bonchev–Trinajstić information content (AvgIpc) is 2.39. The summed E-state index contributed by atoms with van der Waals surface area (Å²) in [5.74, 6) is -1.10. The largest absolute Gasteiger partial charge is 0.496 e. The molecule has 2 aromatic rings. The summed E-state index contributed by atoms with van der Waals surface area (Å²) < 4.78 is 18.5. The average molecular weight is 261 g/mol. The zero-order valence-corrected chi connectivity index (χ0v) is 10.2. The predicted octanol–water partition coefficient (Wildman–Crippen LogP) is 2.78. The maximum Gasteiger partial charge on any atom is 0.337 e. The fourth-order valence-corrected chi connectivity index (χ4v) is 1.81. The lowest BCUT2D eigenvalue weighted by atomic mass is 10.0. The van der Waals surface area contributed by atoms with E-state index in [0.717, 1.165) is 0 Å². The molecule has 0 atom stereocenters. The zero-order chi connectivity index (χ0) is 14.0. The van der Waals surface area contributed by atoms with Crippen LogP contribution in [-0.4, -0.2) is 18.2 Å². The van der Waals surface area contributed by atoms with Gasteiger partial charge in [0, 0.05) is 11.3 Å². The van der Waals surface area contributed by atoms with Crippen molar-refractivity contribution in [3.63, 3.8) is 0 Å². The number of carbonyl (C=O) groups is 1. The van der Waals surface area contributed by atoms with Crippen LogP contribution >= 0.6 is 0 Å². The molecule has 4 nitrogen and oxygen atoms in total. The molecular formula is C14H12FNO3. The fourth-order valence-electron chi connectivity index (χ4n) is 1.81. The lowest BCUT2D eigenvalue weighted by Gasteiger charge is -2.10. The number of carboxylic acid groups (broad SMARTS) is 1. The Kier molecular flexibility index (Phi) is 3.37. The van der Waals surface area contributed by atoms with Crippen molar-refractivity contribution in [1.29, 1.82) is 0 Å². The second-order valence-corrected chi connectivity index (χ2v) is 3.95. The highest BCUT2D eigenvalue weighted by Crippen LogP contribution is 2.32.